The number of nitriles is 1. The molecule has 1 fully saturated rings. The minimum absolute atomic E-state index is 0.665. The predicted molar refractivity (Wildman–Crippen MR) is 58.9 cm³/mol. The van der Waals surface area contributed by atoms with Gasteiger partial charge in [-0.05, 0) is 52.0 Å². The number of nitrogens with zero attached hydrogens (tertiary/aromatic N) is 2. The van der Waals surface area contributed by atoms with Crippen LogP contribution in [0.2, 0.25) is 0 Å². The first-order valence-electron chi connectivity index (χ1n) is 5.85. The Bertz CT molecular complexity index is 189. The average molecular weight is 194 g/mol. The minimum Gasteiger partial charge on any atom is -0.301 e. The van der Waals surface area contributed by atoms with Crippen molar-refractivity contribution in [2.75, 3.05) is 13.1 Å². The van der Waals surface area contributed by atoms with E-state index < -0.39 is 0 Å². The van der Waals surface area contributed by atoms with Gasteiger partial charge < -0.3 is 4.90 Å². The number of rotatable bonds is 7. The molecule has 0 unspecified atom stereocenters. The molecule has 0 aromatic heterocycles. The summed E-state index contributed by atoms with van der Waals surface area (Å²) in [7, 11) is 0. The van der Waals surface area contributed by atoms with E-state index in [0.29, 0.717) is 6.04 Å². The Balaban J connectivity index is 2.11. The third-order valence-corrected chi connectivity index (χ3v) is 2.90. The lowest BCUT2D eigenvalue weighted by molar-refractivity contribution is 0.209. The van der Waals surface area contributed by atoms with Crippen LogP contribution in [0.5, 0.6) is 0 Å². The Kier molecular flexibility index (Phi) is 4.97. The molecule has 0 radical (unpaired) electrons. The molecule has 1 rings (SSSR count). The molecule has 0 aliphatic heterocycles. The normalized spacial score (nSPS) is 16.2. The molecule has 0 spiro atoms. The zero-order valence-electron chi connectivity index (χ0n) is 9.50. The van der Waals surface area contributed by atoms with Gasteiger partial charge in [-0.25, -0.2) is 0 Å². The summed E-state index contributed by atoms with van der Waals surface area (Å²) in [5.74, 6) is 0.980. The average Bonchev–Trinajstić information content (AvgIpc) is 2.93. The highest BCUT2D eigenvalue weighted by molar-refractivity contribution is 4.79. The Hall–Kier alpha value is -0.550. The van der Waals surface area contributed by atoms with Crippen LogP contribution in [0.15, 0.2) is 0 Å². The molecule has 1 aliphatic carbocycles. The minimum atomic E-state index is 0.665. The summed E-state index contributed by atoms with van der Waals surface area (Å²) >= 11 is 0. The van der Waals surface area contributed by atoms with Gasteiger partial charge in [0.15, 0.2) is 0 Å². The maximum Gasteiger partial charge on any atom is 0.0621 e. The van der Waals surface area contributed by atoms with Gasteiger partial charge >= 0.3 is 0 Å². The smallest absolute Gasteiger partial charge is 0.0621 e. The zero-order valence-corrected chi connectivity index (χ0v) is 9.50. The van der Waals surface area contributed by atoms with E-state index in [1.54, 1.807) is 0 Å². The second kappa shape index (κ2) is 6.03. The van der Waals surface area contributed by atoms with Crippen LogP contribution in [0.4, 0.5) is 0 Å². The predicted octanol–water partition coefficient (Wildman–Crippen LogP) is 2.80. The van der Waals surface area contributed by atoms with Crippen LogP contribution in [0.25, 0.3) is 0 Å². The van der Waals surface area contributed by atoms with Crippen molar-refractivity contribution >= 4 is 0 Å². The van der Waals surface area contributed by atoms with Crippen LogP contribution in [-0.4, -0.2) is 24.0 Å². The maximum atomic E-state index is 8.43. The fourth-order valence-corrected chi connectivity index (χ4v) is 1.71. The summed E-state index contributed by atoms with van der Waals surface area (Å²) in [6.45, 7) is 7.00. The van der Waals surface area contributed by atoms with E-state index >= 15 is 0 Å². The Morgan fingerprint density at radius 2 is 2.07 bits per heavy atom. The van der Waals surface area contributed by atoms with Gasteiger partial charge in [0, 0.05) is 19.0 Å². The van der Waals surface area contributed by atoms with Crippen molar-refractivity contribution < 1.29 is 0 Å². The van der Waals surface area contributed by atoms with Gasteiger partial charge in [0.25, 0.3) is 0 Å². The summed E-state index contributed by atoms with van der Waals surface area (Å²) in [6, 6.07) is 2.87. The molecule has 2 nitrogen and oxygen atoms in total. The van der Waals surface area contributed by atoms with E-state index in [1.165, 1.54) is 32.4 Å². The fourth-order valence-electron chi connectivity index (χ4n) is 1.71. The van der Waals surface area contributed by atoms with Crippen molar-refractivity contribution in [3.8, 4) is 6.07 Å². The van der Waals surface area contributed by atoms with Gasteiger partial charge in [-0.2, -0.15) is 5.26 Å². The summed E-state index contributed by atoms with van der Waals surface area (Å²) in [5.41, 5.74) is 0. The molecule has 0 heterocycles. The van der Waals surface area contributed by atoms with Crippen molar-refractivity contribution in [3.05, 3.63) is 0 Å². The highest BCUT2D eigenvalue weighted by Gasteiger charge is 2.24. The first-order chi connectivity index (χ1) is 6.74. The molecule has 0 aromatic carbocycles. The van der Waals surface area contributed by atoms with Crippen molar-refractivity contribution in [2.45, 2.75) is 52.0 Å². The fraction of sp³-hybridized carbons (Fsp3) is 0.917. The molecule has 80 valence electrons. The number of hydrogen-bond acceptors (Lipinski definition) is 2. The Morgan fingerprint density at radius 3 is 2.57 bits per heavy atom. The summed E-state index contributed by atoms with van der Waals surface area (Å²) in [5, 5.41) is 8.43. The van der Waals surface area contributed by atoms with E-state index in [2.05, 4.69) is 24.8 Å². The van der Waals surface area contributed by atoms with E-state index in [-0.39, 0.29) is 0 Å². The first-order valence-corrected chi connectivity index (χ1v) is 5.85. The topological polar surface area (TPSA) is 27.0 Å². The molecule has 0 amide bonds. The summed E-state index contributed by atoms with van der Waals surface area (Å²) in [4.78, 5) is 2.56. The molecule has 14 heavy (non-hydrogen) atoms. The lowest BCUT2D eigenvalue weighted by atomic mass is 10.2. The van der Waals surface area contributed by atoms with Gasteiger partial charge in [-0.3, -0.25) is 0 Å². The molecular formula is C12H22N2. The largest absolute Gasteiger partial charge is 0.301 e. The third kappa shape index (κ3) is 4.62. The quantitative estimate of drug-likeness (QED) is 0.583. The van der Waals surface area contributed by atoms with Crippen LogP contribution in [0, 0.1) is 17.2 Å². The van der Waals surface area contributed by atoms with Gasteiger partial charge in [-0.15, -0.1) is 0 Å². The van der Waals surface area contributed by atoms with Gasteiger partial charge in [0.2, 0.25) is 0 Å². The van der Waals surface area contributed by atoms with Crippen molar-refractivity contribution in [1.82, 2.24) is 4.90 Å². The molecule has 0 atom stereocenters. The van der Waals surface area contributed by atoms with Gasteiger partial charge in [0.05, 0.1) is 6.07 Å². The second-order valence-corrected chi connectivity index (χ2v) is 4.65. The van der Waals surface area contributed by atoms with E-state index in [1.807, 2.05) is 0 Å². The highest BCUT2D eigenvalue weighted by Crippen LogP contribution is 2.30. The summed E-state index contributed by atoms with van der Waals surface area (Å²) < 4.78 is 0. The van der Waals surface area contributed by atoms with Crippen molar-refractivity contribution in [2.24, 2.45) is 5.92 Å². The van der Waals surface area contributed by atoms with Crippen LogP contribution >= 0.6 is 0 Å². The van der Waals surface area contributed by atoms with E-state index in [4.69, 9.17) is 5.26 Å². The highest BCUT2D eigenvalue weighted by atomic mass is 15.1. The van der Waals surface area contributed by atoms with Gasteiger partial charge in [0.1, 0.15) is 0 Å². The molecule has 2 heteroatoms. The molecule has 1 saturated carbocycles. The standard InChI is InChI=1S/C12H22N2/c1-11(2)14(10-12-6-7-12)9-5-3-4-8-13/h11-12H,3-7,9-10H2,1-2H3. The van der Waals surface area contributed by atoms with E-state index in [9.17, 15) is 0 Å². The molecule has 0 saturated heterocycles. The van der Waals surface area contributed by atoms with Crippen LogP contribution in [-0.2, 0) is 0 Å². The first kappa shape index (κ1) is 11.5. The zero-order chi connectivity index (χ0) is 10.4. The Morgan fingerprint density at radius 1 is 1.36 bits per heavy atom. The van der Waals surface area contributed by atoms with E-state index in [0.717, 1.165) is 18.8 Å². The van der Waals surface area contributed by atoms with Crippen molar-refractivity contribution in [1.29, 1.82) is 5.26 Å². The third-order valence-electron chi connectivity index (χ3n) is 2.90. The maximum absolute atomic E-state index is 8.43. The second-order valence-electron chi connectivity index (χ2n) is 4.65. The van der Waals surface area contributed by atoms with Crippen LogP contribution in [0.1, 0.15) is 46.0 Å². The number of unbranched alkanes of at least 4 members (excludes halogenated alkanes) is 2. The number of hydrogen-bond donors (Lipinski definition) is 0. The lowest BCUT2D eigenvalue weighted by Gasteiger charge is -2.26. The lowest BCUT2D eigenvalue weighted by Crippen LogP contribution is -2.33. The van der Waals surface area contributed by atoms with Crippen molar-refractivity contribution in [3.63, 3.8) is 0 Å². The molecular weight excluding hydrogens is 172 g/mol. The molecule has 0 N–H and O–H groups in total. The molecule has 0 aromatic rings. The van der Waals surface area contributed by atoms with Crippen LogP contribution < -0.4 is 0 Å². The Labute approximate surface area is 87.9 Å². The van der Waals surface area contributed by atoms with Crippen LogP contribution in [0.3, 0.4) is 0 Å². The SMILES string of the molecule is CC(C)N(CCCCC#N)CC1CC1. The molecule has 0 bridgehead atoms. The summed E-state index contributed by atoms with van der Waals surface area (Å²) in [6.07, 6.45) is 5.82. The van der Waals surface area contributed by atoms with Gasteiger partial charge in [-0.1, -0.05) is 0 Å². The monoisotopic (exact) mass is 194 g/mol. The molecule has 1 aliphatic rings.